The summed E-state index contributed by atoms with van der Waals surface area (Å²) in [5.74, 6) is 0.303. The SMILES string of the molecule is COCc1ccccc1NC(N)=NCCCNC(=O)c1cccs1.I. The van der Waals surface area contributed by atoms with Crippen LogP contribution in [-0.2, 0) is 11.3 Å². The molecule has 0 saturated heterocycles. The molecule has 4 N–H and O–H groups in total. The van der Waals surface area contributed by atoms with Gasteiger partial charge in [0.15, 0.2) is 5.96 Å². The molecular weight excluding hydrogens is 451 g/mol. The number of nitrogens with one attached hydrogen (secondary N) is 2. The summed E-state index contributed by atoms with van der Waals surface area (Å²) in [5.41, 5.74) is 7.80. The molecule has 2 aromatic rings. The lowest BCUT2D eigenvalue weighted by Crippen LogP contribution is -2.26. The number of hydrogen-bond donors (Lipinski definition) is 3. The van der Waals surface area contributed by atoms with Crippen LogP contribution in [0.25, 0.3) is 0 Å². The molecule has 0 fully saturated rings. The van der Waals surface area contributed by atoms with E-state index < -0.39 is 0 Å². The molecule has 0 aliphatic heterocycles. The average Bonchev–Trinajstić information content (AvgIpc) is 3.11. The third-order valence-corrected chi connectivity index (χ3v) is 4.10. The van der Waals surface area contributed by atoms with Crippen LogP contribution in [0, 0.1) is 0 Å². The Morgan fingerprint density at radius 1 is 1.28 bits per heavy atom. The molecule has 25 heavy (non-hydrogen) atoms. The van der Waals surface area contributed by atoms with E-state index in [4.69, 9.17) is 10.5 Å². The van der Waals surface area contributed by atoms with E-state index >= 15 is 0 Å². The highest BCUT2D eigenvalue weighted by atomic mass is 127. The van der Waals surface area contributed by atoms with Gasteiger partial charge in [-0.25, -0.2) is 0 Å². The van der Waals surface area contributed by atoms with Gasteiger partial charge in [0.2, 0.25) is 0 Å². The van der Waals surface area contributed by atoms with Gasteiger partial charge in [-0.2, -0.15) is 0 Å². The van der Waals surface area contributed by atoms with E-state index in [9.17, 15) is 4.79 Å². The second-order valence-corrected chi connectivity index (χ2v) is 6.02. The molecule has 2 rings (SSSR count). The van der Waals surface area contributed by atoms with Gasteiger partial charge < -0.3 is 21.1 Å². The molecule has 0 radical (unpaired) electrons. The molecule has 1 aromatic carbocycles. The van der Waals surface area contributed by atoms with Gasteiger partial charge in [0.25, 0.3) is 5.91 Å². The smallest absolute Gasteiger partial charge is 0.261 e. The van der Waals surface area contributed by atoms with Crippen LogP contribution in [0.1, 0.15) is 21.7 Å². The molecule has 0 unspecified atom stereocenters. The van der Waals surface area contributed by atoms with Crippen molar-refractivity contribution in [2.75, 3.05) is 25.5 Å². The van der Waals surface area contributed by atoms with Crippen LogP contribution in [0.3, 0.4) is 0 Å². The zero-order valence-corrected chi connectivity index (χ0v) is 17.2. The summed E-state index contributed by atoms with van der Waals surface area (Å²) in [4.78, 5) is 16.7. The predicted octanol–water partition coefficient (Wildman–Crippen LogP) is 3.06. The summed E-state index contributed by atoms with van der Waals surface area (Å²) < 4.78 is 5.16. The van der Waals surface area contributed by atoms with Crippen molar-refractivity contribution >= 4 is 52.9 Å². The highest BCUT2D eigenvalue weighted by Gasteiger charge is 2.05. The van der Waals surface area contributed by atoms with Gasteiger partial charge in [0.05, 0.1) is 11.5 Å². The Morgan fingerprint density at radius 2 is 2.08 bits per heavy atom. The number of amides is 1. The molecule has 136 valence electrons. The highest BCUT2D eigenvalue weighted by molar-refractivity contribution is 14.0. The number of para-hydroxylation sites is 1. The zero-order chi connectivity index (χ0) is 17.2. The largest absolute Gasteiger partial charge is 0.380 e. The summed E-state index contributed by atoms with van der Waals surface area (Å²) in [6, 6.07) is 11.4. The predicted molar refractivity (Wildman–Crippen MR) is 114 cm³/mol. The number of aliphatic imine (C=N–C) groups is 1. The number of carbonyl (C=O) groups excluding carboxylic acids is 1. The Kier molecular flexibility index (Phi) is 10.1. The van der Waals surface area contributed by atoms with Crippen molar-refractivity contribution in [2.45, 2.75) is 13.0 Å². The van der Waals surface area contributed by atoms with E-state index in [1.165, 1.54) is 11.3 Å². The van der Waals surface area contributed by atoms with Gasteiger partial charge in [0.1, 0.15) is 0 Å². The Hall–Kier alpha value is -1.65. The number of rotatable bonds is 8. The van der Waals surface area contributed by atoms with E-state index in [2.05, 4.69) is 15.6 Å². The third kappa shape index (κ3) is 7.41. The molecule has 0 spiro atoms. The van der Waals surface area contributed by atoms with Crippen LogP contribution >= 0.6 is 35.3 Å². The van der Waals surface area contributed by atoms with E-state index in [1.807, 2.05) is 35.7 Å². The molecule has 0 atom stereocenters. The Labute approximate surface area is 168 Å². The van der Waals surface area contributed by atoms with Gasteiger partial charge in [0, 0.05) is 31.5 Å². The zero-order valence-electron chi connectivity index (χ0n) is 14.0. The van der Waals surface area contributed by atoms with Crippen LogP contribution in [0.2, 0.25) is 0 Å². The minimum Gasteiger partial charge on any atom is -0.380 e. The molecule has 6 nitrogen and oxygen atoms in total. The number of nitrogens with two attached hydrogens (primary N) is 1. The average molecular weight is 474 g/mol. The second kappa shape index (κ2) is 11.8. The van der Waals surface area contributed by atoms with Crippen molar-refractivity contribution in [2.24, 2.45) is 10.7 Å². The van der Waals surface area contributed by atoms with Crippen molar-refractivity contribution in [1.82, 2.24) is 5.32 Å². The van der Waals surface area contributed by atoms with Gasteiger partial charge >= 0.3 is 0 Å². The number of carbonyl (C=O) groups is 1. The van der Waals surface area contributed by atoms with Crippen molar-refractivity contribution in [1.29, 1.82) is 0 Å². The maximum absolute atomic E-state index is 11.8. The molecule has 0 saturated carbocycles. The van der Waals surface area contributed by atoms with Gasteiger partial charge in [-0.15, -0.1) is 35.3 Å². The lowest BCUT2D eigenvalue weighted by molar-refractivity contribution is 0.0957. The number of anilines is 1. The Bertz CT molecular complexity index is 677. The monoisotopic (exact) mass is 474 g/mol. The van der Waals surface area contributed by atoms with Crippen molar-refractivity contribution < 1.29 is 9.53 Å². The number of methoxy groups -OCH3 is 1. The van der Waals surface area contributed by atoms with Gasteiger partial charge in [-0.3, -0.25) is 9.79 Å². The Morgan fingerprint density at radius 3 is 2.80 bits per heavy atom. The van der Waals surface area contributed by atoms with Crippen LogP contribution < -0.4 is 16.4 Å². The number of halogens is 1. The van der Waals surface area contributed by atoms with E-state index in [0.29, 0.717) is 25.7 Å². The van der Waals surface area contributed by atoms with Crippen LogP contribution in [0.5, 0.6) is 0 Å². The molecule has 0 aliphatic rings. The maximum atomic E-state index is 11.8. The topological polar surface area (TPSA) is 88.7 Å². The number of hydrogen-bond acceptors (Lipinski definition) is 4. The molecule has 0 aliphatic carbocycles. The fourth-order valence-electron chi connectivity index (χ4n) is 2.08. The van der Waals surface area contributed by atoms with Crippen LogP contribution in [0.4, 0.5) is 5.69 Å². The van der Waals surface area contributed by atoms with Crippen molar-refractivity contribution in [3.8, 4) is 0 Å². The normalized spacial score (nSPS) is 10.8. The molecular formula is C17H23IN4O2S. The summed E-state index contributed by atoms with van der Waals surface area (Å²) in [7, 11) is 1.65. The molecule has 8 heteroatoms. The minimum atomic E-state index is -0.0476. The third-order valence-electron chi connectivity index (χ3n) is 3.23. The van der Waals surface area contributed by atoms with Gasteiger partial charge in [-0.05, 0) is 23.9 Å². The lowest BCUT2D eigenvalue weighted by Gasteiger charge is -2.10. The first kappa shape index (κ1) is 21.4. The van der Waals surface area contributed by atoms with Gasteiger partial charge in [-0.1, -0.05) is 24.3 Å². The highest BCUT2D eigenvalue weighted by Crippen LogP contribution is 2.15. The summed E-state index contributed by atoms with van der Waals surface area (Å²) in [6.07, 6.45) is 0.721. The summed E-state index contributed by atoms with van der Waals surface area (Å²) in [5, 5.41) is 7.82. The Balaban J connectivity index is 0.00000312. The number of nitrogens with zero attached hydrogens (tertiary/aromatic N) is 1. The van der Waals surface area contributed by atoms with E-state index in [1.54, 1.807) is 13.2 Å². The fourth-order valence-corrected chi connectivity index (χ4v) is 2.72. The number of benzene rings is 1. The standard InChI is InChI=1S/C17H22N4O2S.HI/c1-23-12-13-6-2-3-7-14(13)21-17(18)20-10-5-9-19-16(22)15-8-4-11-24-15;/h2-4,6-8,11H,5,9-10,12H2,1H3,(H,19,22)(H3,18,20,21);1H. The minimum absolute atomic E-state index is 0. The first-order valence-corrected chi connectivity index (χ1v) is 8.54. The number of ether oxygens (including phenoxy) is 1. The molecule has 1 heterocycles. The maximum Gasteiger partial charge on any atom is 0.261 e. The summed E-state index contributed by atoms with van der Waals surface area (Å²) >= 11 is 1.43. The molecule has 1 aromatic heterocycles. The summed E-state index contributed by atoms with van der Waals surface area (Å²) in [6.45, 7) is 1.61. The molecule has 0 bridgehead atoms. The number of guanidine groups is 1. The van der Waals surface area contributed by atoms with Crippen molar-refractivity contribution in [3.05, 3.63) is 52.2 Å². The molecule has 1 amide bonds. The quantitative estimate of drug-likeness (QED) is 0.238. The first-order chi connectivity index (χ1) is 11.7. The van der Waals surface area contributed by atoms with E-state index in [0.717, 1.165) is 22.5 Å². The van der Waals surface area contributed by atoms with Crippen molar-refractivity contribution in [3.63, 3.8) is 0 Å². The second-order valence-electron chi connectivity index (χ2n) is 5.07. The van der Waals surface area contributed by atoms with E-state index in [-0.39, 0.29) is 29.9 Å². The number of thiophene rings is 1. The van der Waals surface area contributed by atoms with Crippen LogP contribution in [-0.4, -0.2) is 32.1 Å². The first-order valence-electron chi connectivity index (χ1n) is 7.66. The fraction of sp³-hybridized carbons (Fsp3) is 0.294. The lowest BCUT2D eigenvalue weighted by atomic mass is 10.2. The van der Waals surface area contributed by atoms with Crippen LogP contribution in [0.15, 0.2) is 46.8 Å².